The van der Waals surface area contributed by atoms with Gasteiger partial charge in [-0.25, -0.2) is 0 Å². The van der Waals surface area contributed by atoms with Crippen LogP contribution in [0.15, 0.2) is 42.5 Å². The van der Waals surface area contributed by atoms with Crippen molar-refractivity contribution in [3.63, 3.8) is 0 Å². The lowest BCUT2D eigenvalue weighted by Crippen LogP contribution is -2.48. The van der Waals surface area contributed by atoms with Crippen LogP contribution in [0.5, 0.6) is 0 Å². The van der Waals surface area contributed by atoms with Crippen molar-refractivity contribution < 1.29 is 4.79 Å². The van der Waals surface area contributed by atoms with E-state index in [0.29, 0.717) is 5.91 Å². The van der Waals surface area contributed by atoms with E-state index in [1.165, 1.54) is 22.8 Å². The number of carbonyl (C=O) groups excluding carboxylic acids is 1. The molecule has 3 heteroatoms. The summed E-state index contributed by atoms with van der Waals surface area (Å²) in [6, 6.07) is 14.9. The van der Waals surface area contributed by atoms with Crippen LogP contribution in [-0.4, -0.2) is 22.9 Å². The van der Waals surface area contributed by atoms with Gasteiger partial charge in [0.2, 0.25) is 5.91 Å². The summed E-state index contributed by atoms with van der Waals surface area (Å²) >= 11 is 0. The van der Waals surface area contributed by atoms with Crippen molar-refractivity contribution in [2.75, 3.05) is 6.54 Å². The van der Waals surface area contributed by atoms with Gasteiger partial charge in [-0.15, -0.1) is 0 Å². The molecule has 1 heterocycles. The normalized spacial score (nSPS) is 23.8. The molecule has 1 spiro atoms. The Bertz CT molecular complexity index is 728. The number of likely N-dealkylation sites (N-methyl/N-ethyl adjacent to an activating group) is 1. The van der Waals surface area contributed by atoms with E-state index in [1.807, 2.05) is 4.90 Å². The summed E-state index contributed by atoms with van der Waals surface area (Å²) in [6.45, 7) is 2.83. The van der Waals surface area contributed by atoms with Crippen molar-refractivity contribution in [1.82, 2.24) is 10.2 Å². The Labute approximate surface area is 137 Å². The van der Waals surface area contributed by atoms with E-state index >= 15 is 0 Å². The number of nitrogens with one attached hydrogen (secondary N) is 1. The molecule has 1 aliphatic heterocycles. The van der Waals surface area contributed by atoms with Crippen LogP contribution in [0.25, 0.3) is 10.8 Å². The van der Waals surface area contributed by atoms with Gasteiger partial charge in [0.15, 0.2) is 0 Å². The minimum atomic E-state index is -0.324. The maximum atomic E-state index is 13.1. The molecule has 1 saturated carbocycles. The molecule has 1 saturated heterocycles. The molecular formula is C20H24N2O. The number of rotatable bonds is 2. The van der Waals surface area contributed by atoms with Crippen LogP contribution in [0.4, 0.5) is 0 Å². The summed E-state index contributed by atoms with van der Waals surface area (Å²) in [7, 11) is 0. The molecule has 1 unspecified atom stereocenters. The van der Waals surface area contributed by atoms with E-state index in [0.717, 1.165) is 32.2 Å². The smallest absolute Gasteiger partial charge is 0.244 e. The summed E-state index contributed by atoms with van der Waals surface area (Å²) in [5.41, 5.74) is 0.899. The quantitative estimate of drug-likeness (QED) is 0.909. The fraction of sp³-hybridized carbons (Fsp3) is 0.450. The molecule has 4 rings (SSSR count). The van der Waals surface area contributed by atoms with Crippen LogP contribution in [0.2, 0.25) is 0 Å². The summed E-state index contributed by atoms with van der Waals surface area (Å²) < 4.78 is 0. The highest BCUT2D eigenvalue weighted by Crippen LogP contribution is 2.40. The number of nitrogens with zero attached hydrogens (tertiary/aromatic N) is 1. The van der Waals surface area contributed by atoms with Crippen molar-refractivity contribution in [2.24, 2.45) is 0 Å². The molecule has 2 aromatic carbocycles. The van der Waals surface area contributed by atoms with Crippen molar-refractivity contribution in [2.45, 2.75) is 50.7 Å². The van der Waals surface area contributed by atoms with E-state index in [-0.39, 0.29) is 11.7 Å². The Balaban J connectivity index is 1.79. The van der Waals surface area contributed by atoms with Crippen molar-refractivity contribution in [3.8, 4) is 0 Å². The first-order chi connectivity index (χ1) is 11.2. The van der Waals surface area contributed by atoms with Gasteiger partial charge >= 0.3 is 0 Å². The Morgan fingerprint density at radius 2 is 1.83 bits per heavy atom. The lowest BCUT2D eigenvalue weighted by Gasteiger charge is -2.31. The number of carbonyl (C=O) groups is 1. The lowest BCUT2D eigenvalue weighted by molar-refractivity contribution is -0.134. The highest BCUT2D eigenvalue weighted by molar-refractivity contribution is 5.91. The van der Waals surface area contributed by atoms with Gasteiger partial charge in [0.25, 0.3) is 0 Å². The zero-order valence-corrected chi connectivity index (χ0v) is 13.7. The van der Waals surface area contributed by atoms with E-state index in [2.05, 4.69) is 54.7 Å². The third-order valence-corrected chi connectivity index (χ3v) is 5.56. The second-order valence-corrected chi connectivity index (χ2v) is 6.85. The van der Waals surface area contributed by atoms with Crippen molar-refractivity contribution in [3.05, 3.63) is 48.0 Å². The summed E-state index contributed by atoms with van der Waals surface area (Å²) in [5.74, 6) is 0.303. The highest BCUT2D eigenvalue weighted by atomic mass is 16.2. The number of hydrogen-bond donors (Lipinski definition) is 1. The van der Waals surface area contributed by atoms with E-state index in [4.69, 9.17) is 0 Å². The van der Waals surface area contributed by atoms with Gasteiger partial charge in [0, 0.05) is 6.54 Å². The SMILES string of the molecule is CCN1C(=O)C2(CCCCC2)NC1c1cccc2ccccc12. The molecule has 1 aliphatic carbocycles. The Hall–Kier alpha value is -1.87. The van der Waals surface area contributed by atoms with Crippen molar-refractivity contribution in [1.29, 1.82) is 0 Å². The third kappa shape index (κ3) is 2.26. The zero-order valence-electron chi connectivity index (χ0n) is 13.7. The molecular weight excluding hydrogens is 284 g/mol. The predicted octanol–water partition coefficient (Wildman–Crippen LogP) is 3.99. The van der Waals surface area contributed by atoms with E-state index < -0.39 is 0 Å². The maximum absolute atomic E-state index is 13.1. The summed E-state index contributed by atoms with van der Waals surface area (Å²) in [5, 5.41) is 6.22. The first-order valence-corrected chi connectivity index (χ1v) is 8.82. The van der Waals surface area contributed by atoms with Crippen LogP contribution in [0.3, 0.4) is 0 Å². The summed E-state index contributed by atoms with van der Waals surface area (Å²) in [6.07, 6.45) is 5.50. The van der Waals surface area contributed by atoms with Crippen LogP contribution >= 0.6 is 0 Å². The second-order valence-electron chi connectivity index (χ2n) is 6.85. The van der Waals surface area contributed by atoms with Gasteiger partial charge < -0.3 is 4.90 Å². The topological polar surface area (TPSA) is 32.3 Å². The van der Waals surface area contributed by atoms with Gasteiger partial charge in [-0.1, -0.05) is 61.7 Å². The number of fused-ring (bicyclic) bond motifs is 1. The minimum Gasteiger partial charge on any atom is -0.322 e. The number of benzene rings is 2. The molecule has 1 atom stereocenters. The minimum absolute atomic E-state index is 0.00306. The number of amides is 1. The molecule has 2 aromatic rings. The molecule has 2 fully saturated rings. The largest absolute Gasteiger partial charge is 0.322 e. The molecule has 1 N–H and O–H groups in total. The number of hydrogen-bond acceptors (Lipinski definition) is 2. The maximum Gasteiger partial charge on any atom is 0.244 e. The third-order valence-electron chi connectivity index (χ3n) is 5.56. The predicted molar refractivity (Wildman–Crippen MR) is 93.0 cm³/mol. The fourth-order valence-electron chi connectivity index (χ4n) is 4.37. The first kappa shape index (κ1) is 14.7. The first-order valence-electron chi connectivity index (χ1n) is 8.82. The molecule has 23 heavy (non-hydrogen) atoms. The van der Waals surface area contributed by atoms with Gasteiger partial charge in [-0.2, -0.15) is 0 Å². The van der Waals surface area contributed by atoms with Gasteiger partial charge in [0.05, 0.1) is 5.54 Å². The molecule has 2 aliphatic rings. The average molecular weight is 308 g/mol. The molecule has 0 bridgehead atoms. The highest BCUT2D eigenvalue weighted by Gasteiger charge is 2.51. The van der Waals surface area contributed by atoms with E-state index in [9.17, 15) is 4.79 Å². The summed E-state index contributed by atoms with van der Waals surface area (Å²) in [4.78, 5) is 15.1. The Morgan fingerprint density at radius 1 is 1.09 bits per heavy atom. The van der Waals surface area contributed by atoms with Crippen LogP contribution in [0.1, 0.15) is 50.8 Å². The van der Waals surface area contributed by atoms with Crippen molar-refractivity contribution >= 4 is 16.7 Å². The van der Waals surface area contributed by atoms with Crippen LogP contribution in [0, 0.1) is 0 Å². The second kappa shape index (κ2) is 5.64. The Morgan fingerprint density at radius 3 is 2.61 bits per heavy atom. The zero-order chi connectivity index (χ0) is 15.9. The standard InChI is InChI=1S/C20H24N2O/c1-2-22-18(21-20(19(22)23)13-6-3-7-14-20)17-12-8-10-15-9-4-5-11-16(15)17/h4-5,8-12,18,21H,2-3,6-7,13-14H2,1H3. The molecule has 120 valence electrons. The lowest BCUT2D eigenvalue weighted by atomic mass is 9.81. The van der Waals surface area contributed by atoms with Crippen LogP contribution in [-0.2, 0) is 4.79 Å². The van der Waals surface area contributed by atoms with Gasteiger partial charge in [-0.05, 0) is 36.1 Å². The molecule has 1 amide bonds. The fourth-order valence-corrected chi connectivity index (χ4v) is 4.37. The van der Waals surface area contributed by atoms with Crippen LogP contribution < -0.4 is 5.32 Å². The average Bonchev–Trinajstić information content (AvgIpc) is 2.87. The molecule has 0 radical (unpaired) electrons. The molecule has 0 aromatic heterocycles. The Kier molecular flexibility index (Phi) is 3.61. The van der Waals surface area contributed by atoms with Gasteiger partial charge in [0.1, 0.15) is 6.17 Å². The van der Waals surface area contributed by atoms with Gasteiger partial charge in [-0.3, -0.25) is 10.1 Å². The molecule has 3 nitrogen and oxygen atoms in total. The van der Waals surface area contributed by atoms with E-state index in [1.54, 1.807) is 0 Å². The monoisotopic (exact) mass is 308 g/mol.